The van der Waals surface area contributed by atoms with Crippen molar-refractivity contribution in [2.75, 3.05) is 0 Å². The van der Waals surface area contributed by atoms with Crippen LogP contribution in [0.2, 0.25) is 0 Å². The minimum Gasteiger partial charge on any atom is -0.522 e. The van der Waals surface area contributed by atoms with Gasteiger partial charge in [0.2, 0.25) is 0 Å². The van der Waals surface area contributed by atoms with Crippen LogP contribution in [0, 0.1) is 23.9 Å². The molecule has 0 fully saturated rings. The molecule has 4 heterocycles. The minimum atomic E-state index is -1.58. The fraction of sp³-hybridized carbons (Fsp3) is 0.180. The van der Waals surface area contributed by atoms with Gasteiger partial charge in [-0.15, -0.1) is 17.5 Å². The molecule has 57 heavy (non-hydrogen) atoms. The summed E-state index contributed by atoms with van der Waals surface area (Å²) in [7, 11) is 0. The Bertz CT molecular complexity index is 2990. The van der Waals surface area contributed by atoms with Gasteiger partial charge < -0.3 is 9.30 Å². The predicted octanol–water partition coefficient (Wildman–Crippen LogP) is 11.5. The van der Waals surface area contributed by atoms with Crippen LogP contribution in [0.4, 0.5) is 0 Å². The van der Waals surface area contributed by atoms with Crippen molar-refractivity contribution in [2.24, 2.45) is 5.41 Å². The Morgan fingerprint density at radius 1 is 0.684 bits per heavy atom. The molecule has 0 bridgehead atoms. The Labute approximate surface area is 351 Å². The van der Waals surface area contributed by atoms with E-state index < -0.39 is 11.8 Å². The van der Waals surface area contributed by atoms with E-state index in [-0.39, 0.29) is 26.5 Å². The van der Waals surface area contributed by atoms with Gasteiger partial charge >= 0.3 is 0 Å². The van der Waals surface area contributed by atoms with Crippen molar-refractivity contribution in [3.05, 3.63) is 169 Å². The van der Waals surface area contributed by atoms with Gasteiger partial charge in [0.1, 0.15) is 5.82 Å². The van der Waals surface area contributed by atoms with Gasteiger partial charge in [-0.25, -0.2) is 4.98 Å². The van der Waals surface area contributed by atoms with Crippen molar-refractivity contribution in [1.29, 1.82) is 0 Å². The molecule has 5 aromatic carbocycles. The fourth-order valence-corrected chi connectivity index (χ4v) is 7.25. The van der Waals surface area contributed by atoms with E-state index in [0.717, 1.165) is 49.7 Å². The van der Waals surface area contributed by atoms with E-state index in [1.54, 1.807) is 24.5 Å². The molecule has 7 heteroatoms. The molecule has 0 aliphatic rings. The molecular weight excluding hydrogens is 882 g/mol. The van der Waals surface area contributed by atoms with E-state index >= 15 is 0 Å². The fourth-order valence-electron chi connectivity index (χ4n) is 7.25. The smallest absolute Gasteiger partial charge is 0.269 e. The molecule has 286 valence electrons. The van der Waals surface area contributed by atoms with Crippen molar-refractivity contribution >= 4 is 32.8 Å². The van der Waals surface area contributed by atoms with E-state index in [4.69, 9.17) is 17.4 Å². The molecule has 0 saturated carbocycles. The Kier molecular flexibility index (Phi) is 9.30. The monoisotopic (exact) mass is 926 g/mol. The summed E-state index contributed by atoms with van der Waals surface area (Å²) in [4.78, 5) is 9.47. The molecule has 0 radical (unpaired) electrons. The number of fused-ring (bicyclic) bond motifs is 4. The Morgan fingerprint density at radius 3 is 2.19 bits per heavy atom. The third-order valence-corrected chi connectivity index (χ3v) is 9.85. The van der Waals surface area contributed by atoms with Crippen molar-refractivity contribution < 1.29 is 33.1 Å². The van der Waals surface area contributed by atoms with Crippen molar-refractivity contribution in [2.45, 2.75) is 53.3 Å². The molecule has 9 rings (SSSR count). The van der Waals surface area contributed by atoms with Crippen LogP contribution in [0.25, 0.3) is 61.3 Å². The van der Waals surface area contributed by atoms with Crippen molar-refractivity contribution in [3.63, 3.8) is 0 Å². The second-order valence-electron chi connectivity index (χ2n) is 16.2. The largest absolute Gasteiger partial charge is 0.522 e. The van der Waals surface area contributed by atoms with E-state index in [0.29, 0.717) is 28.7 Å². The maximum atomic E-state index is 8.95. The maximum Gasteiger partial charge on any atom is 0.269 e. The van der Waals surface area contributed by atoms with Crippen LogP contribution < -0.4 is 9.30 Å². The minimum absolute atomic E-state index is 0. The third-order valence-electron chi connectivity index (χ3n) is 9.85. The summed E-state index contributed by atoms with van der Waals surface area (Å²) < 4.78 is 30.5. The molecule has 4 aromatic heterocycles. The first-order chi connectivity index (χ1) is 27.8. The number of hydrogen-bond donors (Lipinski definition) is 0. The summed E-state index contributed by atoms with van der Waals surface area (Å²) in [6.45, 7) is 12.4. The molecular formula is C50H43N5OPt-2. The second kappa shape index (κ2) is 14.9. The standard InChI is InChI=1S/C50H43N5O.Pt/c1-49(2,3)32-34-22-24-52-48(26-34)55-43-17-11-10-16-41(43)42-21-20-39(30-46(42)55)56-40-23-25-51-47(31-40)54-33-53(44-18-12-13-19-45(44)54)38-28-36(35-14-8-7-9-15-35)27-37(29-38)50(4,5)6;/h7-29H,32H2,1-6H3;/q-2;/i32D2;. The Balaban J connectivity index is 0.00000484. The van der Waals surface area contributed by atoms with E-state index in [2.05, 4.69) is 104 Å². The molecule has 0 unspecified atom stereocenters. The molecule has 6 nitrogen and oxygen atoms in total. The summed E-state index contributed by atoms with van der Waals surface area (Å²) in [5.41, 5.74) is 8.02. The number of aromatic nitrogens is 5. The molecule has 0 saturated heterocycles. The first-order valence-electron chi connectivity index (χ1n) is 19.9. The Morgan fingerprint density at radius 2 is 1.40 bits per heavy atom. The average Bonchev–Trinajstić information content (AvgIpc) is 3.77. The first-order valence-corrected chi connectivity index (χ1v) is 18.9. The molecule has 0 aliphatic heterocycles. The van der Waals surface area contributed by atoms with Gasteiger partial charge in [0.15, 0.2) is 0 Å². The van der Waals surface area contributed by atoms with Crippen LogP contribution in [0.3, 0.4) is 0 Å². The predicted molar refractivity (Wildman–Crippen MR) is 225 cm³/mol. The van der Waals surface area contributed by atoms with Gasteiger partial charge in [-0.05, 0) is 80.9 Å². The molecule has 0 aliphatic carbocycles. The van der Waals surface area contributed by atoms with Crippen LogP contribution in [0.5, 0.6) is 11.5 Å². The van der Waals surface area contributed by atoms with Gasteiger partial charge in [-0.2, -0.15) is 18.2 Å². The third kappa shape index (κ3) is 7.55. The van der Waals surface area contributed by atoms with Crippen molar-refractivity contribution in [3.8, 4) is 39.9 Å². The quantitative estimate of drug-likeness (QED) is 0.118. The topological polar surface area (TPSA) is 48.8 Å². The Hall–Kier alpha value is -5.84. The number of nitrogens with zero attached hydrogens (tertiary/aromatic N) is 5. The number of imidazole rings is 1. The summed E-state index contributed by atoms with van der Waals surface area (Å²) in [6, 6.07) is 49.8. The summed E-state index contributed by atoms with van der Waals surface area (Å²) in [5.74, 6) is 2.11. The van der Waals surface area contributed by atoms with Gasteiger partial charge in [0.05, 0.1) is 22.5 Å². The maximum absolute atomic E-state index is 8.95. The van der Waals surface area contributed by atoms with E-state index in [1.807, 2.05) is 84.5 Å². The number of rotatable bonds is 7. The molecule has 0 amide bonds. The van der Waals surface area contributed by atoms with E-state index in [1.165, 1.54) is 5.56 Å². The number of benzene rings is 5. The molecule has 0 atom stereocenters. The normalized spacial score (nSPS) is 12.7. The van der Waals surface area contributed by atoms with Crippen LogP contribution in [0.15, 0.2) is 140 Å². The number of hydrogen-bond acceptors (Lipinski definition) is 3. The number of ether oxygens (including phenoxy) is 1. The van der Waals surface area contributed by atoms with E-state index in [9.17, 15) is 0 Å². The summed E-state index contributed by atoms with van der Waals surface area (Å²) >= 11 is 0. The summed E-state index contributed by atoms with van der Waals surface area (Å²) in [5, 5.41) is 2.02. The zero-order chi connectivity index (χ0) is 40.4. The van der Waals surface area contributed by atoms with Gasteiger partial charge in [-0.1, -0.05) is 132 Å². The summed E-state index contributed by atoms with van der Waals surface area (Å²) in [6.07, 6.45) is 5.41. The first kappa shape index (κ1) is 35.6. The van der Waals surface area contributed by atoms with Crippen LogP contribution in [-0.4, -0.2) is 19.1 Å². The number of para-hydroxylation sites is 3. The zero-order valence-electron chi connectivity index (χ0n) is 34.7. The second-order valence-corrected chi connectivity index (χ2v) is 16.2. The van der Waals surface area contributed by atoms with Gasteiger partial charge in [0.25, 0.3) is 6.33 Å². The van der Waals surface area contributed by atoms with Crippen LogP contribution in [0.1, 0.15) is 55.4 Å². The SMILES string of the molecule is [2H]C([2H])(c1ccnc(-n2c3[c-]c(Oc4[c-]c(-n5[c-][n+](-c6cc(-c7ccccc7)cc(C(C)(C)C)c6)c6ccccc65)ncc4)ccc3c3ccccc32)c1)C(C)(C)C.[Pt]. The van der Waals surface area contributed by atoms with Crippen LogP contribution >= 0.6 is 0 Å². The zero-order valence-corrected chi connectivity index (χ0v) is 35.0. The molecule has 0 spiro atoms. The molecule has 0 N–H and O–H groups in total. The molecule has 9 aromatic rings. The van der Waals surface area contributed by atoms with Crippen LogP contribution in [-0.2, 0) is 32.9 Å². The number of pyridine rings is 2. The van der Waals surface area contributed by atoms with Gasteiger partial charge in [0, 0.05) is 41.3 Å². The average molecular weight is 927 g/mol. The van der Waals surface area contributed by atoms with Crippen molar-refractivity contribution in [1.82, 2.24) is 19.1 Å². The van der Waals surface area contributed by atoms with Gasteiger partial charge in [-0.3, -0.25) is 14.1 Å².